The zero-order valence-electron chi connectivity index (χ0n) is 29.7. The molecule has 3 aromatic carbocycles. The Morgan fingerprint density at radius 2 is 1.50 bits per heavy atom. The summed E-state index contributed by atoms with van der Waals surface area (Å²) in [6.07, 6.45) is 4.16. The Hall–Kier alpha value is -4.12. The molecule has 0 saturated carbocycles. The summed E-state index contributed by atoms with van der Waals surface area (Å²) in [7, 11) is -2.82. The van der Waals surface area contributed by atoms with Crippen molar-refractivity contribution in [1.29, 1.82) is 0 Å². The summed E-state index contributed by atoms with van der Waals surface area (Å²) in [6.45, 7) is 13.6. The topological polar surface area (TPSA) is 104 Å². The highest BCUT2D eigenvalue weighted by molar-refractivity contribution is 7.90. The monoisotopic (exact) mass is 702 g/mol. The number of fused-ring (bicyclic) bond motifs is 1. The van der Waals surface area contributed by atoms with E-state index in [-0.39, 0.29) is 16.8 Å². The summed E-state index contributed by atoms with van der Waals surface area (Å²) in [4.78, 5) is 21.8. The van der Waals surface area contributed by atoms with Crippen LogP contribution in [0.1, 0.15) is 75.6 Å². The van der Waals surface area contributed by atoms with E-state index < -0.39 is 30.3 Å². The first-order valence-electron chi connectivity index (χ1n) is 17.1. The molecule has 2 aromatic heterocycles. The Labute approximate surface area is 300 Å². The van der Waals surface area contributed by atoms with Gasteiger partial charge in [-0.05, 0) is 71.9 Å². The van der Waals surface area contributed by atoms with E-state index in [0.717, 1.165) is 27.8 Å². The van der Waals surface area contributed by atoms with Gasteiger partial charge in [-0.1, -0.05) is 106 Å². The molecular weight excluding hydrogens is 657 g/mol. The molecule has 6 rings (SSSR count). The predicted octanol–water partition coefficient (Wildman–Crippen LogP) is 7.20. The molecule has 2 unspecified atom stereocenters. The Kier molecular flexibility index (Phi) is 10.2. The third-order valence-corrected chi connectivity index (χ3v) is 16.3. The third kappa shape index (κ3) is 6.93. The predicted molar refractivity (Wildman–Crippen MR) is 206 cm³/mol. The van der Waals surface area contributed by atoms with E-state index in [1.165, 1.54) is 10.4 Å². The molecule has 0 bridgehead atoms. The maximum Gasteiger partial charge on any atom is 0.267 e. The number of nitrogens with two attached hydrogens (primary N) is 1. The van der Waals surface area contributed by atoms with Crippen molar-refractivity contribution in [3.63, 3.8) is 0 Å². The van der Waals surface area contributed by atoms with Crippen molar-refractivity contribution in [2.75, 3.05) is 6.61 Å². The van der Waals surface area contributed by atoms with Gasteiger partial charge in [0.15, 0.2) is 0 Å². The van der Waals surface area contributed by atoms with Gasteiger partial charge in [0.2, 0.25) is 0 Å². The van der Waals surface area contributed by atoms with Crippen LogP contribution in [0.5, 0.6) is 0 Å². The molecular formula is C41H46N4O3SSi. The minimum absolute atomic E-state index is 0.187. The van der Waals surface area contributed by atoms with Crippen LogP contribution in [0.2, 0.25) is 5.04 Å². The lowest BCUT2D eigenvalue weighted by molar-refractivity contribution is 0.0995. The standard InChI is InChI=1S/C41H46N4O3SSi/c1-40(2,3)49(47)45-28-32-26-35(39(42)46)44-38(30-16-13-15-29(25-30)31-17-14-23-43-27-31)37(32)36(45)22-24-48-50(41(4,5)6,33-18-9-7-10-19-33)34-20-11-8-12-21-34/h7-21,23,25-27,36H,22,24,28H2,1-6H3,(H2,42,46). The molecule has 3 heterocycles. The molecule has 0 spiro atoms. The molecule has 1 amide bonds. The molecule has 0 fully saturated rings. The zero-order valence-corrected chi connectivity index (χ0v) is 31.5. The number of aromatic nitrogens is 2. The van der Waals surface area contributed by atoms with Gasteiger partial charge in [-0.2, -0.15) is 0 Å². The normalized spacial score (nSPS) is 15.9. The molecule has 2 N–H and O–H groups in total. The van der Waals surface area contributed by atoms with Gasteiger partial charge >= 0.3 is 0 Å². The van der Waals surface area contributed by atoms with Crippen molar-refractivity contribution in [2.45, 2.75) is 70.3 Å². The summed E-state index contributed by atoms with van der Waals surface area (Å²) in [6, 6.07) is 34.7. The molecule has 2 atom stereocenters. The fourth-order valence-electron chi connectivity index (χ4n) is 7.16. The maximum atomic E-state index is 14.3. The van der Waals surface area contributed by atoms with Crippen LogP contribution < -0.4 is 16.1 Å². The summed E-state index contributed by atoms with van der Waals surface area (Å²) in [5.41, 5.74) is 11.4. The van der Waals surface area contributed by atoms with Crippen molar-refractivity contribution < 1.29 is 13.8 Å². The molecule has 1 aliphatic rings. The zero-order chi connectivity index (χ0) is 35.7. The van der Waals surface area contributed by atoms with Gasteiger partial charge in [0.1, 0.15) is 10.4 Å². The number of hydrogen-bond donors (Lipinski definition) is 1. The van der Waals surface area contributed by atoms with Crippen LogP contribution in [0.25, 0.3) is 22.4 Å². The van der Waals surface area contributed by atoms with E-state index in [0.29, 0.717) is 25.3 Å². The minimum Gasteiger partial charge on any atom is -0.597 e. The highest BCUT2D eigenvalue weighted by Crippen LogP contribution is 2.46. The molecule has 258 valence electrons. The van der Waals surface area contributed by atoms with E-state index >= 15 is 0 Å². The van der Waals surface area contributed by atoms with Crippen molar-refractivity contribution in [3.8, 4) is 22.4 Å². The third-order valence-electron chi connectivity index (χ3n) is 9.40. The number of pyridine rings is 2. The second kappa shape index (κ2) is 14.2. The van der Waals surface area contributed by atoms with Crippen molar-refractivity contribution in [1.82, 2.24) is 14.3 Å². The van der Waals surface area contributed by atoms with Gasteiger partial charge in [-0.25, -0.2) is 4.98 Å². The van der Waals surface area contributed by atoms with Gasteiger partial charge in [-0.3, -0.25) is 9.78 Å². The van der Waals surface area contributed by atoms with Crippen LogP contribution in [0.4, 0.5) is 0 Å². The fourth-order valence-corrected chi connectivity index (χ4v) is 13.1. The van der Waals surface area contributed by atoms with Gasteiger partial charge < -0.3 is 14.7 Å². The first-order valence-corrected chi connectivity index (χ1v) is 20.1. The van der Waals surface area contributed by atoms with E-state index in [4.69, 9.17) is 15.1 Å². The van der Waals surface area contributed by atoms with Crippen molar-refractivity contribution >= 4 is 36.0 Å². The van der Waals surface area contributed by atoms with Crippen LogP contribution in [0.15, 0.2) is 116 Å². The highest BCUT2D eigenvalue weighted by Gasteiger charge is 2.51. The Bertz CT molecular complexity index is 1910. The SMILES string of the molecule is CC(C)(C)[S+]([O-])N1Cc2cc(C(N)=O)nc(-c3cccc(-c4cccnc4)c3)c2C1CCO[Si](c1ccccc1)(c1ccccc1)C(C)(C)C. The Morgan fingerprint density at radius 1 is 0.880 bits per heavy atom. The number of carbonyl (C=O) groups excluding carboxylic acids is 1. The van der Waals surface area contributed by atoms with Crippen molar-refractivity contribution in [2.24, 2.45) is 5.73 Å². The fraction of sp³-hybridized carbons (Fsp3) is 0.293. The molecule has 0 radical (unpaired) electrons. The molecule has 0 saturated heterocycles. The number of carbonyl (C=O) groups is 1. The Morgan fingerprint density at radius 3 is 2.06 bits per heavy atom. The average molecular weight is 703 g/mol. The number of amides is 1. The minimum atomic E-state index is -2.82. The van der Waals surface area contributed by atoms with Crippen LogP contribution in [-0.2, 0) is 22.3 Å². The number of rotatable bonds is 10. The lowest BCUT2D eigenvalue weighted by atomic mass is 9.94. The lowest BCUT2D eigenvalue weighted by Crippen LogP contribution is -2.66. The van der Waals surface area contributed by atoms with Gasteiger partial charge in [0.05, 0.1) is 18.3 Å². The molecule has 9 heteroatoms. The molecule has 0 aliphatic carbocycles. The summed E-state index contributed by atoms with van der Waals surface area (Å²) >= 11 is -1.36. The molecule has 5 aromatic rings. The first-order chi connectivity index (χ1) is 23.8. The van der Waals surface area contributed by atoms with Crippen LogP contribution in [0, 0.1) is 0 Å². The summed E-state index contributed by atoms with van der Waals surface area (Å²) in [5.74, 6) is -0.598. The smallest absolute Gasteiger partial charge is 0.267 e. The van der Waals surface area contributed by atoms with E-state index in [1.54, 1.807) is 12.3 Å². The number of hydrogen-bond acceptors (Lipinski definition) is 6. The second-order valence-electron chi connectivity index (χ2n) is 14.9. The molecule has 7 nitrogen and oxygen atoms in total. The largest absolute Gasteiger partial charge is 0.597 e. The second-order valence-corrected chi connectivity index (χ2v) is 21.4. The van der Waals surface area contributed by atoms with Gasteiger partial charge in [-0.15, -0.1) is 4.31 Å². The van der Waals surface area contributed by atoms with Crippen molar-refractivity contribution in [3.05, 3.63) is 132 Å². The highest BCUT2D eigenvalue weighted by atomic mass is 32.2. The lowest BCUT2D eigenvalue weighted by Gasteiger charge is -2.43. The quantitative estimate of drug-likeness (QED) is 0.122. The number of benzene rings is 3. The summed E-state index contributed by atoms with van der Waals surface area (Å²) in [5, 5.41) is 2.23. The van der Waals surface area contributed by atoms with Gasteiger partial charge in [0.25, 0.3) is 14.2 Å². The average Bonchev–Trinajstić information content (AvgIpc) is 3.47. The van der Waals surface area contributed by atoms with E-state index in [2.05, 4.69) is 84.7 Å². The first kappa shape index (κ1) is 35.7. The van der Waals surface area contributed by atoms with E-state index in [1.807, 2.05) is 69.4 Å². The maximum absolute atomic E-state index is 14.3. The van der Waals surface area contributed by atoms with Crippen LogP contribution in [-0.4, -0.2) is 44.4 Å². The van der Waals surface area contributed by atoms with E-state index in [9.17, 15) is 9.35 Å². The summed E-state index contributed by atoms with van der Waals surface area (Å²) < 4.78 is 23.2. The number of nitrogens with zero attached hydrogens (tertiary/aromatic N) is 3. The van der Waals surface area contributed by atoms with Gasteiger partial charge in [0, 0.05) is 47.1 Å². The number of primary amides is 1. The van der Waals surface area contributed by atoms with Crippen LogP contribution >= 0.6 is 0 Å². The molecule has 50 heavy (non-hydrogen) atoms. The molecule has 1 aliphatic heterocycles. The van der Waals surface area contributed by atoms with Crippen LogP contribution in [0.3, 0.4) is 0 Å². The Balaban J connectivity index is 1.46.